The van der Waals surface area contributed by atoms with Gasteiger partial charge in [-0.15, -0.1) is 0 Å². The fraction of sp³-hybridized carbons (Fsp3) is 0.417. The van der Waals surface area contributed by atoms with E-state index in [4.69, 9.17) is 14.7 Å². The van der Waals surface area contributed by atoms with Crippen LogP contribution in [0.4, 0.5) is 5.82 Å². The van der Waals surface area contributed by atoms with Gasteiger partial charge in [-0.1, -0.05) is 18.2 Å². The SMILES string of the molecule is COC1C=CC(=Nc2nc(C3C=Cc4cn[nH]c4C3)cn3ccnc23)CC1N1CCCC1. The Hall–Kier alpha value is -3.10. The highest BCUT2D eigenvalue weighted by Crippen LogP contribution is 2.31. The van der Waals surface area contributed by atoms with Crippen molar-refractivity contribution in [1.82, 2.24) is 29.5 Å². The van der Waals surface area contributed by atoms with Crippen molar-refractivity contribution in [1.29, 1.82) is 0 Å². The third-order valence-corrected chi connectivity index (χ3v) is 6.85. The first-order valence-corrected chi connectivity index (χ1v) is 11.3. The van der Waals surface area contributed by atoms with Crippen LogP contribution < -0.4 is 0 Å². The predicted octanol–water partition coefficient (Wildman–Crippen LogP) is 3.32. The van der Waals surface area contributed by atoms with Crippen molar-refractivity contribution in [2.24, 2.45) is 4.99 Å². The van der Waals surface area contributed by atoms with Crippen molar-refractivity contribution in [3.05, 3.63) is 60.0 Å². The Morgan fingerprint density at radius 2 is 2.06 bits per heavy atom. The molecule has 3 unspecified atom stereocenters. The first-order chi connectivity index (χ1) is 15.8. The molecule has 8 nitrogen and oxygen atoms in total. The molecule has 1 saturated heterocycles. The van der Waals surface area contributed by atoms with E-state index in [1.54, 1.807) is 13.3 Å². The molecule has 4 heterocycles. The molecule has 3 aromatic rings. The largest absolute Gasteiger partial charge is 0.376 e. The number of aliphatic imine (C=N–C) groups is 1. The zero-order valence-corrected chi connectivity index (χ0v) is 18.2. The van der Waals surface area contributed by atoms with Crippen LogP contribution in [0.5, 0.6) is 0 Å². The van der Waals surface area contributed by atoms with E-state index < -0.39 is 0 Å². The number of aromatic nitrogens is 5. The first kappa shape index (κ1) is 19.6. The van der Waals surface area contributed by atoms with Crippen LogP contribution in [0, 0.1) is 0 Å². The third kappa shape index (κ3) is 3.49. The van der Waals surface area contributed by atoms with E-state index in [9.17, 15) is 0 Å². The van der Waals surface area contributed by atoms with Crippen molar-refractivity contribution >= 4 is 23.3 Å². The summed E-state index contributed by atoms with van der Waals surface area (Å²) >= 11 is 0. The molecule has 0 radical (unpaired) electrons. The van der Waals surface area contributed by atoms with Gasteiger partial charge in [-0.05, 0) is 32.0 Å². The number of allylic oxidation sites excluding steroid dienone is 2. The normalized spacial score (nSPS) is 26.9. The van der Waals surface area contributed by atoms with E-state index in [1.807, 2.05) is 16.8 Å². The Labute approximate surface area is 186 Å². The number of fused-ring (bicyclic) bond motifs is 2. The molecule has 3 aromatic heterocycles. The molecule has 3 atom stereocenters. The smallest absolute Gasteiger partial charge is 0.196 e. The van der Waals surface area contributed by atoms with Crippen molar-refractivity contribution in [2.45, 2.75) is 43.7 Å². The van der Waals surface area contributed by atoms with Gasteiger partial charge in [0.05, 0.1) is 18.0 Å². The maximum absolute atomic E-state index is 5.76. The molecule has 0 aromatic carbocycles. The zero-order chi connectivity index (χ0) is 21.5. The van der Waals surface area contributed by atoms with E-state index in [0.29, 0.717) is 11.9 Å². The number of hydrogen-bond acceptors (Lipinski definition) is 6. The van der Waals surface area contributed by atoms with Crippen LogP contribution in [0.3, 0.4) is 0 Å². The van der Waals surface area contributed by atoms with Crippen LogP contribution in [0.2, 0.25) is 0 Å². The number of hydrogen-bond donors (Lipinski definition) is 1. The third-order valence-electron chi connectivity index (χ3n) is 6.85. The van der Waals surface area contributed by atoms with Gasteiger partial charge in [-0.25, -0.2) is 15.0 Å². The molecule has 32 heavy (non-hydrogen) atoms. The summed E-state index contributed by atoms with van der Waals surface area (Å²) in [6.45, 7) is 2.26. The van der Waals surface area contributed by atoms with Crippen LogP contribution >= 0.6 is 0 Å². The topological polar surface area (TPSA) is 83.7 Å². The van der Waals surface area contributed by atoms with E-state index >= 15 is 0 Å². The molecule has 164 valence electrons. The molecule has 0 spiro atoms. The minimum Gasteiger partial charge on any atom is -0.376 e. The Balaban J connectivity index is 1.35. The monoisotopic (exact) mass is 429 g/mol. The molecule has 0 bridgehead atoms. The van der Waals surface area contributed by atoms with Gasteiger partial charge in [-0.3, -0.25) is 10.00 Å². The van der Waals surface area contributed by atoms with E-state index in [-0.39, 0.29) is 12.0 Å². The Kier molecular flexibility index (Phi) is 4.96. The number of likely N-dealkylation sites (tertiary alicyclic amines) is 1. The quantitative estimate of drug-likeness (QED) is 0.688. The summed E-state index contributed by atoms with van der Waals surface area (Å²) < 4.78 is 7.79. The van der Waals surface area contributed by atoms with Gasteiger partial charge in [-0.2, -0.15) is 5.10 Å². The van der Waals surface area contributed by atoms with Gasteiger partial charge in [0.25, 0.3) is 0 Å². The number of aromatic amines is 1. The number of nitrogens with one attached hydrogen (secondary N) is 1. The van der Waals surface area contributed by atoms with Crippen molar-refractivity contribution in [2.75, 3.05) is 20.2 Å². The predicted molar refractivity (Wildman–Crippen MR) is 123 cm³/mol. The molecule has 0 saturated carbocycles. The van der Waals surface area contributed by atoms with E-state index in [2.05, 4.69) is 50.6 Å². The van der Waals surface area contributed by atoms with E-state index in [0.717, 1.165) is 54.2 Å². The molecular formula is C24H27N7O. The van der Waals surface area contributed by atoms with Crippen molar-refractivity contribution < 1.29 is 4.74 Å². The molecule has 6 rings (SSSR count). The van der Waals surface area contributed by atoms with Crippen LogP contribution in [-0.4, -0.2) is 67.5 Å². The van der Waals surface area contributed by atoms with Crippen LogP contribution in [0.1, 0.15) is 42.1 Å². The van der Waals surface area contributed by atoms with E-state index in [1.165, 1.54) is 12.8 Å². The summed E-state index contributed by atoms with van der Waals surface area (Å²) in [6.07, 6.45) is 20.6. The standard InChI is InChI=1S/C24H27N7O/c1-32-22-7-6-18(13-21(22)30-9-2-3-10-30)27-23-24-25-8-11-31(24)15-20(28-23)16-4-5-17-14-26-29-19(17)12-16/h4-8,11,14-16,21-22H,2-3,9-10,12-13H2,1H3,(H,26,29). The molecule has 8 heteroatoms. The lowest BCUT2D eigenvalue weighted by Gasteiger charge is -2.34. The number of H-pyrrole nitrogens is 1. The summed E-state index contributed by atoms with van der Waals surface area (Å²) in [4.78, 5) is 17.0. The van der Waals surface area contributed by atoms with Gasteiger partial charge in [0, 0.05) is 67.5 Å². The first-order valence-electron chi connectivity index (χ1n) is 11.3. The van der Waals surface area contributed by atoms with Crippen molar-refractivity contribution in [3.63, 3.8) is 0 Å². The number of nitrogens with zero attached hydrogens (tertiary/aromatic N) is 6. The lowest BCUT2D eigenvalue weighted by molar-refractivity contribution is 0.0553. The second kappa shape index (κ2) is 8.11. The fourth-order valence-corrected chi connectivity index (χ4v) is 5.13. The molecule has 1 N–H and O–H groups in total. The molecule has 1 fully saturated rings. The highest BCUT2D eigenvalue weighted by Gasteiger charge is 2.31. The number of imidazole rings is 1. The lowest BCUT2D eigenvalue weighted by Crippen LogP contribution is -2.45. The summed E-state index contributed by atoms with van der Waals surface area (Å²) in [5, 5.41) is 7.28. The highest BCUT2D eigenvalue weighted by molar-refractivity contribution is 5.98. The Morgan fingerprint density at radius 1 is 1.16 bits per heavy atom. The maximum atomic E-state index is 5.76. The molecular weight excluding hydrogens is 402 g/mol. The number of methoxy groups -OCH3 is 1. The van der Waals surface area contributed by atoms with Crippen molar-refractivity contribution in [3.8, 4) is 0 Å². The summed E-state index contributed by atoms with van der Waals surface area (Å²) in [7, 11) is 1.79. The second-order valence-electron chi connectivity index (χ2n) is 8.80. The second-order valence-corrected chi connectivity index (χ2v) is 8.80. The van der Waals surface area contributed by atoms with Gasteiger partial charge >= 0.3 is 0 Å². The molecule has 1 aliphatic heterocycles. The van der Waals surface area contributed by atoms with Gasteiger partial charge in [0.2, 0.25) is 0 Å². The van der Waals surface area contributed by atoms with Crippen LogP contribution in [0.25, 0.3) is 11.7 Å². The van der Waals surface area contributed by atoms with Crippen LogP contribution in [0.15, 0.2) is 48.0 Å². The average Bonchev–Trinajstić information content (AvgIpc) is 3.60. The highest BCUT2D eigenvalue weighted by atomic mass is 16.5. The minimum atomic E-state index is 0.105. The summed E-state index contributed by atoms with van der Waals surface area (Å²) in [5.74, 6) is 0.845. The number of ether oxygens (including phenoxy) is 1. The summed E-state index contributed by atoms with van der Waals surface area (Å²) in [5.41, 5.74) is 5.09. The van der Waals surface area contributed by atoms with Gasteiger partial charge in [0.1, 0.15) is 0 Å². The molecule has 3 aliphatic rings. The zero-order valence-electron chi connectivity index (χ0n) is 18.2. The Bertz CT molecular complexity index is 1210. The molecule has 2 aliphatic carbocycles. The minimum absolute atomic E-state index is 0.105. The maximum Gasteiger partial charge on any atom is 0.196 e. The molecule has 0 amide bonds. The number of rotatable bonds is 4. The Morgan fingerprint density at radius 3 is 2.94 bits per heavy atom. The average molecular weight is 430 g/mol. The van der Waals surface area contributed by atoms with Gasteiger partial charge < -0.3 is 9.14 Å². The summed E-state index contributed by atoms with van der Waals surface area (Å²) in [6, 6.07) is 0.324. The van der Waals surface area contributed by atoms with Gasteiger partial charge in [0.15, 0.2) is 11.5 Å². The lowest BCUT2D eigenvalue weighted by atomic mass is 9.92. The van der Waals surface area contributed by atoms with Crippen LogP contribution in [-0.2, 0) is 11.2 Å². The fourth-order valence-electron chi connectivity index (χ4n) is 5.13.